The molecule has 1 aromatic carbocycles. The molecule has 0 bridgehead atoms. The number of halogens is 2. The van der Waals surface area contributed by atoms with Crippen LogP contribution in [0.25, 0.3) is 5.65 Å². The quantitative estimate of drug-likeness (QED) is 0.676. The smallest absolute Gasteiger partial charge is 0.270 e. The molecule has 0 radical (unpaired) electrons. The highest BCUT2D eigenvalue weighted by Gasteiger charge is 2.20. The van der Waals surface area contributed by atoms with Crippen LogP contribution in [0.4, 0.5) is 14.5 Å². The van der Waals surface area contributed by atoms with Crippen LogP contribution >= 0.6 is 0 Å². The third-order valence-electron chi connectivity index (χ3n) is 4.95. The molecule has 2 N–H and O–H groups in total. The van der Waals surface area contributed by atoms with Crippen LogP contribution in [0, 0.1) is 18.6 Å². The highest BCUT2D eigenvalue weighted by molar-refractivity contribution is 5.94. The Kier molecular flexibility index (Phi) is 5.35. The molecule has 0 unspecified atom stereocenters. The Morgan fingerprint density at radius 3 is 2.80 bits per heavy atom. The molecule has 0 saturated heterocycles. The van der Waals surface area contributed by atoms with Crippen molar-refractivity contribution in [2.24, 2.45) is 4.99 Å². The zero-order chi connectivity index (χ0) is 21.3. The van der Waals surface area contributed by atoms with E-state index in [0.29, 0.717) is 47.7 Å². The van der Waals surface area contributed by atoms with Gasteiger partial charge in [-0.05, 0) is 42.7 Å². The van der Waals surface area contributed by atoms with Gasteiger partial charge in [0.2, 0.25) is 0 Å². The Hall–Kier alpha value is -3.49. The van der Waals surface area contributed by atoms with E-state index >= 15 is 0 Å². The molecule has 1 aliphatic heterocycles. The second-order valence-electron chi connectivity index (χ2n) is 7.10. The average molecular weight is 412 g/mol. The lowest BCUT2D eigenvalue weighted by molar-refractivity contribution is 0.0944. The minimum absolute atomic E-state index is 0.121. The summed E-state index contributed by atoms with van der Waals surface area (Å²) in [5.41, 5.74) is 5.53. The molecule has 1 aliphatic rings. The van der Waals surface area contributed by atoms with Gasteiger partial charge in [0.1, 0.15) is 17.8 Å². The second-order valence-corrected chi connectivity index (χ2v) is 7.10. The number of hydrogen-bond donors (Lipinski definition) is 2. The Balaban J connectivity index is 1.54. The summed E-state index contributed by atoms with van der Waals surface area (Å²) < 4.78 is 30.3. The Bertz CT molecular complexity index is 1140. The van der Waals surface area contributed by atoms with Gasteiger partial charge in [0.25, 0.3) is 5.91 Å². The molecule has 0 spiro atoms. The fourth-order valence-electron chi connectivity index (χ4n) is 3.50. The van der Waals surface area contributed by atoms with Gasteiger partial charge in [0.05, 0.1) is 24.5 Å². The molecule has 30 heavy (non-hydrogen) atoms. The van der Waals surface area contributed by atoms with Crippen LogP contribution in [-0.4, -0.2) is 34.7 Å². The van der Waals surface area contributed by atoms with Gasteiger partial charge in [-0.3, -0.25) is 24.6 Å². The number of rotatable bonds is 5. The number of aromatic nitrogens is 2. The van der Waals surface area contributed by atoms with Crippen molar-refractivity contribution in [3.63, 3.8) is 0 Å². The van der Waals surface area contributed by atoms with E-state index in [9.17, 15) is 13.6 Å². The van der Waals surface area contributed by atoms with Gasteiger partial charge in [0, 0.05) is 12.7 Å². The van der Waals surface area contributed by atoms with Crippen molar-refractivity contribution < 1.29 is 13.6 Å². The first-order valence-electron chi connectivity index (χ1n) is 9.73. The predicted molar refractivity (Wildman–Crippen MR) is 111 cm³/mol. The molecule has 1 amide bonds. The van der Waals surface area contributed by atoms with Gasteiger partial charge in [-0.2, -0.15) is 0 Å². The van der Waals surface area contributed by atoms with Gasteiger partial charge in [-0.15, -0.1) is 0 Å². The Labute approximate surface area is 172 Å². The van der Waals surface area contributed by atoms with Crippen molar-refractivity contribution >= 4 is 23.6 Å². The summed E-state index contributed by atoms with van der Waals surface area (Å²) in [5, 5.41) is 4.47. The largest absolute Gasteiger partial charge is 0.347 e. The molecule has 156 valence electrons. The first-order valence-corrected chi connectivity index (χ1v) is 9.73. The number of carbonyl (C=O) groups excluding carboxylic acids is 1. The van der Waals surface area contributed by atoms with E-state index in [2.05, 4.69) is 20.7 Å². The number of aryl methyl sites for hydroxylation is 2. The zero-order valence-corrected chi connectivity index (χ0v) is 16.7. The minimum Gasteiger partial charge on any atom is -0.347 e. The van der Waals surface area contributed by atoms with Crippen molar-refractivity contribution in [1.29, 1.82) is 0 Å². The number of nitrogens with one attached hydrogen (secondary N) is 2. The topological polar surface area (TPSA) is 74.0 Å². The molecule has 9 heteroatoms. The second kappa shape index (κ2) is 8.10. The minimum atomic E-state index is -0.474. The number of anilines is 1. The third kappa shape index (κ3) is 3.70. The Morgan fingerprint density at radius 2 is 2.10 bits per heavy atom. The number of imidazole rings is 1. The average Bonchev–Trinajstić information content (AvgIpc) is 3.11. The number of carbonyl (C=O) groups is 1. The normalized spacial score (nSPS) is 13.5. The highest BCUT2D eigenvalue weighted by Crippen LogP contribution is 2.21. The van der Waals surface area contributed by atoms with E-state index in [0.717, 1.165) is 0 Å². The van der Waals surface area contributed by atoms with Crippen LogP contribution in [0.1, 0.15) is 34.2 Å². The summed E-state index contributed by atoms with van der Waals surface area (Å²) in [7, 11) is 0. The SMILES string of the molecule is CCc1nc2c(F)cc(C)cn2c1C(=O)NCc1ccc(N2CCN=CN2)c(F)c1. The summed E-state index contributed by atoms with van der Waals surface area (Å²) in [6.45, 7) is 4.90. The molecule has 0 fully saturated rings. The number of pyridine rings is 1. The van der Waals surface area contributed by atoms with Gasteiger partial charge >= 0.3 is 0 Å². The maximum atomic E-state index is 14.6. The molecule has 0 aliphatic carbocycles. The molecule has 3 aromatic rings. The summed E-state index contributed by atoms with van der Waals surface area (Å²) >= 11 is 0. The van der Waals surface area contributed by atoms with Crippen LogP contribution in [-0.2, 0) is 13.0 Å². The molecule has 0 atom stereocenters. The van der Waals surface area contributed by atoms with E-state index in [4.69, 9.17) is 0 Å². The van der Waals surface area contributed by atoms with Crippen LogP contribution in [0.15, 0.2) is 35.5 Å². The first-order chi connectivity index (χ1) is 14.5. The molecule has 0 saturated carbocycles. The van der Waals surface area contributed by atoms with Crippen LogP contribution in [0.3, 0.4) is 0 Å². The van der Waals surface area contributed by atoms with Gasteiger partial charge < -0.3 is 5.32 Å². The number of hydrazine groups is 1. The van der Waals surface area contributed by atoms with Crippen molar-refractivity contribution in [2.75, 3.05) is 18.1 Å². The number of amides is 1. The first kappa shape index (κ1) is 19.8. The predicted octanol–water partition coefficient (Wildman–Crippen LogP) is 2.77. The summed E-state index contributed by atoms with van der Waals surface area (Å²) in [6, 6.07) is 6.19. The van der Waals surface area contributed by atoms with Crippen molar-refractivity contribution in [1.82, 2.24) is 20.1 Å². The number of fused-ring (bicyclic) bond motifs is 1. The summed E-state index contributed by atoms with van der Waals surface area (Å²) in [6.07, 6.45) is 3.70. The maximum absolute atomic E-state index is 14.6. The number of hydrogen-bond acceptors (Lipinski definition) is 5. The lowest BCUT2D eigenvalue weighted by atomic mass is 10.1. The van der Waals surface area contributed by atoms with E-state index < -0.39 is 11.6 Å². The van der Waals surface area contributed by atoms with E-state index in [1.54, 1.807) is 30.3 Å². The van der Waals surface area contributed by atoms with Gasteiger partial charge in [-0.1, -0.05) is 13.0 Å². The summed E-state index contributed by atoms with van der Waals surface area (Å²) in [4.78, 5) is 21.2. The Morgan fingerprint density at radius 1 is 1.27 bits per heavy atom. The molecular formula is C21H22F2N6O. The molecule has 4 rings (SSSR count). The number of aliphatic imine (C=N–C) groups is 1. The number of benzene rings is 1. The van der Waals surface area contributed by atoms with Gasteiger partial charge in [-0.25, -0.2) is 13.8 Å². The highest BCUT2D eigenvalue weighted by atomic mass is 19.1. The third-order valence-corrected chi connectivity index (χ3v) is 4.95. The lowest BCUT2D eigenvalue weighted by Crippen LogP contribution is -2.42. The molecule has 2 aromatic heterocycles. The van der Waals surface area contributed by atoms with Crippen molar-refractivity contribution in [3.8, 4) is 0 Å². The maximum Gasteiger partial charge on any atom is 0.270 e. The lowest BCUT2D eigenvalue weighted by Gasteiger charge is -2.26. The number of nitrogens with zero attached hydrogens (tertiary/aromatic N) is 4. The van der Waals surface area contributed by atoms with Crippen LogP contribution in [0.2, 0.25) is 0 Å². The summed E-state index contributed by atoms with van der Waals surface area (Å²) in [5.74, 6) is -1.26. The van der Waals surface area contributed by atoms with Crippen LogP contribution in [0.5, 0.6) is 0 Å². The molecule has 7 nitrogen and oxygen atoms in total. The van der Waals surface area contributed by atoms with E-state index in [-0.39, 0.29) is 18.1 Å². The molecule has 3 heterocycles. The standard InChI is InChI=1S/C21H22F2N6O/c1-3-17-19(28-11-13(2)8-16(23)20(28)27-17)21(30)25-10-14-4-5-18(15(22)9-14)29-7-6-24-12-26-29/h4-5,8-9,11-12H,3,6-7,10H2,1-2H3,(H,24,26)(H,25,30). The van der Waals surface area contributed by atoms with Crippen LogP contribution < -0.4 is 15.8 Å². The van der Waals surface area contributed by atoms with Gasteiger partial charge in [0.15, 0.2) is 11.5 Å². The fourth-order valence-corrected chi connectivity index (χ4v) is 3.50. The zero-order valence-electron chi connectivity index (χ0n) is 16.7. The van der Waals surface area contributed by atoms with E-state index in [1.165, 1.54) is 22.9 Å². The van der Waals surface area contributed by atoms with E-state index in [1.807, 2.05) is 6.92 Å². The van der Waals surface area contributed by atoms with Crippen molar-refractivity contribution in [2.45, 2.75) is 26.8 Å². The molecular weight excluding hydrogens is 390 g/mol. The van der Waals surface area contributed by atoms with Crippen molar-refractivity contribution in [3.05, 3.63) is 64.6 Å². The fraction of sp³-hybridized carbons (Fsp3) is 0.286. The monoisotopic (exact) mass is 412 g/mol.